The highest BCUT2D eigenvalue weighted by atomic mass is 15.1. The second kappa shape index (κ2) is 13.7. The second-order valence-corrected chi connectivity index (χ2v) is 15.4. The van der Waals surface area contributed by atoms with Crippen LogP contribution in [0, 0.1) is 0 Å². The molecule has 10 rings (SSSR count). The Labute approximate surface area is 329 Å². The molecule has 0 aliphatic heterocycles. The Hall–Kier alpha value is -6.96. The van der Waals surface area contributed by atoms with E-state index in [0.29, 0.717) is 0 Å². The molecule has 0 N–H and O–H groups in total. The predicted octanol–water partition coefficient (Wildman–Crippen LogP) is 15.3. The number of para-hydroxylation sites is 1. The van der Waals surface area contributed by atoms with Crippen LogP contribution in [0.3, 0.4) is 0 Å². The highest BCUT2D eigenvalue weighted by molar-refractivity contribution is 5.92. The summed E-state index contributed by atoms with van der Waals surface area (Å²) >= 11 is 0. The van der Waals surface area contributed by atoms with Crippen molar-refractivity contribution in [1.82, 2.24) is 0 Å². The third-order valence-electron chi connectivity index (χ3n) is 11.7. The number of hydrogen-bond donors (Lipinski definition) is 0. The molecule has 0 amide bonds. The highest BCUT2D eigenvalue weighted by Gasteiger charge is 2.35. The standard InChI is InChI=1S/C55H41N/c1-55(2)52-21-10-8-20-50(52)51-34-33-48(37-53(51)55)56(54-22-11-9-19-49(54)42-26-23-40(24-27-42)38-13-4-3-5-14-38)47-31-29-41(30-32-47)44-17-12-18-45(35-44)46-28-25-39-15-6-7-16-43(39)36-46/h3-37H,1-2H3. The van der Waals surface area contributed by atoms with E-state index >= 15 is 0 Å². The van der Waals surface area contributed by atoms with Gasteiger partial charge in [-0.05, 0) is 114 Å². The van der Waals surface area contributed by atoms with Crippen LogP contribution in [0.4, 0.5) is 17.1 Å². The van der Waals surface area contributed by atoms with Gasteiger partial charge in [-0.1, -0.05) is 184 Å². The molecule has 56 heavy (non-hydrogen) atoms. The van der Waals surface area contributed by atoms with Crippen LogP contribution in [0.1, 0.15) is 25.0 Å². The average molecular weight is 716 g/mol. The molecule has 0 aromatic heterocycles. The summed E-state index contributed by atoms with van der Waals surface area (Å²) in [5, 5.41) is 2.51. The van der Waals surface area contributed by atoms with Crippen LogP contribution in [0.15, 0.2) is 212 Å². The van der Waals surface area contributed by atoms with Crippen LogP contribution in [-0.2, 0) is 5.41 Å². The van der Waals surface area contributed by atoms with Crippen molar-refractivity contribution in [2.24, 2.45) is 0 Å². The SMILES string of the molecule is CC1(C)c2ccccc2-c2ccc(N(c3ccc(-c4cccc(-c5ccc6ccccc6c5)c4)cc3)c3ccccc3-c3ccc(-c4ccccc4)cc3)cc21. The first-order valence-electron chi connectivity index (χ1n) is 19.5. The smallest absolute Gasteiger partial charge is 0.0540 e. The topological polar surface area (TPSA) is 3.24 Å². The number of anilines is 3. The van der Waals surface area contributed by atoms with Crippen LogP contribution in [0.2, 0.25) is 0 Å². The molecule has 1 heteroatoms. The molecule has 0 heterocycles. The van der Waals surface area contributed by atoms with Crippen LogP contribution in [0.5, 0.6) is 0 Å². The van der Waals surface area contributed by atoms with E-state index in [1.807, 2.05) is 0 Å². The molecule has 1 nitrogen and oxygen atoms in total. The Morgan fingerprint density at radius 1 is 0.304 bits per heavy atom. The van der Waals surface area contributed by atoms with Crippen molar-refractivity contribution in [2.75, 3.05) is 4.90 Å². The molecule has 0 radical (unpaired) electrons. The molecule has 1 aliphatic carbocycles. The summed E-state index contributed by atoms with van der Waals surface area (Å²) < 4.78 is 0. The summed E-state index contributed by atoms with van der Waals surface area (Å²) in [6.07, 6.45) is 0. The Kier molecular flexibility index (Phi) is 8.23. The van der Waals surface area contributed by atoms with Gasteiger partial charge in [-0.3, -0.25) is 0 Å². The molecular weight excluding hydrogens is 675 g/mol. The molecule has 0 saturated carbocycles. The van der Waals surface area contributed by atoms with Crippen molar-refractivity contribution >= 4 is 27.8 Å². The van der Waals surface area contributed by atoms with Gasteiger partial charge in [0.2, 0.25) is 0 Å². The predicted molar refractivity (Wildman–Crippen MR) is 238 cm³/mol. The summed E-state index contributed by atoms with van der Waals surface area (Å²) in [5.41, 5.74) is 18.3. The number of rotatable bonds is 7. The molecule has 0 bridgehead atoms. The maximum atomic E-state index is 2.44. The van der Waals surface area contributed by atoms with E-state index in [2.05, 4.69) is 231 Å². The molecule has 9 aromatic carbocycles. The lowest BCUT2D eigenvalue weighted by molar-refractivity contribution is 0.660. The molecule has 266 valence electrons. The fourth-order valence-electron chi connectivity index (χ4n) is 8.69. The van der Waals surface area contributed by atoms with Crippen molar-refractivity contribution in [3.8, 4) is 55.6 Å². The number of fused-ring (bicyclic) bond motifs is 4. The largest absolute Gasteiger partial charge is 0.310 e. The fraction of sp³-hybridized carbons (Fsp3) is 0.0545. The van der Waals surface area contributed by atoms with Gasteiger partial charge in [0, 0.05) is 22.4 Å². The van der Waals surface area contributed by atoms with Crippen LogP contribution >= 0.6 is 0 Å². The first kappa shape index (κ1) is 33.6. The van der Waals surface area contributed by atoms with Crippen molar-refractivity contribution in [3.05, 3.63) is 223 Å². The lowest BCUT2D eigenvalue weighted by atomic mass is 9.82. The van der Waals surface area contributed by atoms with Gasteiger partial charge in [0.25, 0.3) is 0 Å². The summed E-state index contributed by atoms with van der Waals surface area (Å²) in [5.74, 6) is 0. The van der Waals surface area contributed by atoms with E-state index in [1.165, 1.54) is 77.5 Å². The molecular formula is C55H41N. The van der Waals surface area contributed by atoms with E-state index in [0.717, 1.165) is 17.1 Å². The molecule has 0 spiro atoms. The Balaban J connectivity index is 1.07. The maximum Gasteiger partial charge on any atom is 0.0540 e. The zero-order chi connectivity index (χ0) is 37.6. The Morgan fingerprint density at radius 3 is 1.62 bits per heavy atom. The number of nitrogens with zero attached hydrogens (tertiary/aromatic N) is 1. The van der Waals surface area contributed by atoms with E-state index in [9.17, 15) is 0 Å². The normalized spacial score (nSPS) is 12.6. The van der Waals surface area contributed by atoms with E-state index < -0.39 is 0 Å². The Morgan fingerprint density at radius 2 is 0.821 bits per heavy atom. The third kappa shape index (κ3) is 5.90. The maximum absolute atomic E-state index is 2.44. The summed E-state index contributed by atoms with van der Waals surface area (Å²) in [6, 6.07) is 77.6. The van der Waals surface area contributed by atoms with Crippen molar-refractivity contribution in [2.45, 2.75) is 19.3 Å². The van der Waals surface area contributed by atoms with Gasteiger partial charge >= 0.3 is 0 Å². The number of hydrogen-bond acceptors (Lipinski definition) is 1. The quantitative estimate of drug-likeness (QED) is 0.159. The zero-order valence-electron chi connectivity index (χ0n) is 31.7. The molecule has 0 saturated heterocycles. The minimum Gasteiger partial charge on any atom is -0.310 e. The van der Waals surface area contributed by atoms with Gasteiger partial charge < -0.3 is 4.90 Å². The zero-order valence-corrected chi connectivity index (χ0v) is 31.7. The van der Waals surface area contributed by atoms with E-state index in [1.54, 1.807) is 0 Å². The van der Waals surface area contributed by atoms with Crippen molar-refractivity contribution in [1.29, 1.82) is 0 Å². The van der Waals surface area contributed by atoms with Gasteiger partial charge in [-0.2, -0.15) is 0 Å². The fourth-order valence-corrected chi connectivity index (χ4v) is 8.69. The first-order chi connectivity index (χ1) is 27.5. The van der Waals surface area contributed by atoms with Gasteiger partial charge in [0.15, 0.2) is 0 Å². The van der Waals surface area contributed by atoms with Crippen molar-refractivity contribution in [3.63, 3.8) is 0 Å². The van der Waals surface area contributed by atoms with Crippen LogP contribution < -0.4 is 4.90 Å². The Bertz CT molecular complexity index is 2860. The van der Waals surface area contributed by atoms with Gasteiger partial charge in [0.05, 0.1) is 5.69 Å². The van der Waals surface area contributed by atoms with E-state index in [4.69, 9.17) is 0 Å². The second-order valence-electron chi connectivity index (χ2n) is 15.4. The van der Waals surface area contributed by atoms with Gasteiger partial charge in [-0.15, -0.1) is 0 Å². The number of benzene rings is 9. The van der Waals surface area contributed by atoms with Gasteiger partial charge in [-0.25, -0.2) is 0 Å². The third-order valence-corrected chi connectivity index (χ3v) is 11.7. The first-order valence-corrected chi connectivity index (χ1v) is 19.5. The molecule has 1 aliphatic rings. The molecule has 0 atom stereocenters. The van der Waals surface area contributed by atoms with E-state index in [-0.39, 0.29) is 5.41 Å². The van der Waals surface area contributed by atoms with Crippen LogP contribution in [0.25, 0.3) is 66.4 Å². The summed E-state index contributed by atoms with van der Waals surface area (Å²) in [4.78, 5) is 2.44. The lowest BCUT2D eigenvalue weighted by Gasteiger charge is -2.30. The molecule has 9 aromatic rings. The average Bonchev–Trinajstić information content (AvgIpc) is 3.49. The molecule has 0 fully saturated rings. The monoisotopic (exact) mass is 715 g/mol. The highest BCUT2D eigenvalue weighted by Crippen LogP contribution is 2.51. The lowest BCUT2D eigenvalue weighted by Crippen LogP contribution is -2.16. The minimum atomic E-state index is -0.111. The van der Waals surface area contributed by atoms with Gasteiger partial charge in [0.1, 0.15) is 0 Å². The van der Waals surface area contributed by atoms with Crippen LogP contribution in [-0.4, -0.2) is 0 Å². The minimum absolute atomic E-state index is 0.111. The summed E-state index contributed by atoms with van der Waals surface area (Å²) in [6.45, 7) is 4.71. The molecule has 0 unspecified atom stereocenters. The van der Waals surface area contributed by atoms with Crippen molar-refractivity contribution < 1.29 is 0 Å². The summed E-state index contributed by atoms with van der Waals surface area (Å²) in [7, 11) is 0.